The van der Waals surface area contributed by atoms with E-state index in [-0.39, 0.29) is 66.4 Å². The number of esters is 1. The summed E-state index contributed by atoms with van der Waals surface area (Å²) in [7, 11) is 6.45. The van der Waals surface area contributed by atoms with E-state index < -0.39 is 79.2 Å². The lowest BCUT2D eigenvalue weighted by Gasteiger charge is -2.48. The van der Waals surface area contributed by atoms with Gasteiger partial charge in [-0.05, 0) is 45.1 Å². The molecule has 2 fully saturated rings. The molecule has 0 aromatic rings. The van der Waals surface area contributed by atoms with E-state index in [1.165, 1.54) is 12.5 Å². The number of carbonyl (C=O) groups is 2. The third kappa shape index (κ3) is 11.7. The molecule has 346 valence electrons. The van der Waals surface area contributed by atoms with Crippen molar-refractivity contribution in [1.29, 1.82) is 0 Å². The summed E-state index contributed by atoms with van der Waals surface area (Å²) in [5.74, 6) is -4.77. The fraction of sp³-hybridized carbons (Fsp3) is 0.675. The Hall–Kier alpha value is -2.45. The van der Waals surface area contributed by atoms with E-state index in [1.54, 1.807) is 69.2 Å². The molecule has 18 nitrogen and oxygen atoms in total. The first kappa shape index (κ1) is 49.0. The van der Waals surface area contributed by atoms with Gasteiger partial charge in [-0.3, -0.25) is 4.99 Å². The number of nitrogens with two attached hydrogens (primary N) is 1. The first-order chi connectivity index (χ1) is 29.8. The number of aliphatic imine (C=N–C) groups is 1. The van der Waals surface area contributed by atoms with Gasteiger partial charge in [-0.1, -0.05) is 67.5 Å². The summed E-state index contributed by atoms with van der Waals surface area (Å²) >= 11 is 0. The summed E-state index contributed by atoms with van der Waals surface area (Å²) in [6, 6.07) is -0.506. The number of aliphatic hydroxyl groups is 6. The number of nitrogens with one attached hydrogen (secondary N) is 1. The number of rotatable bonds is 11. The number of ether oxygens (including phenoxy) is 5. The van der Waals surface area contributed by atoms with Crippen LogP contribution in [0.1, 0.15) is 39.5 Å². The Balaban J connectivity index is 1.51. The molecule has 11 atom stereocenters. The van der Waals surface area contributed by atoms with Crippen LogP contribution in [0.3, 0.4) is 0 Å². The number of hydrogen-bond acceptors (Lipinski definition) is 19. The topological polar surface area (TPSA) is 276 Å². The van der Waals surface area contributed by atoms with Crippen molar-refractivity contribution in [1.82, 2.24) is 10.2 Å². The number of fused-ring (bicyclic) bond motifs is 2. The van der Waals surface area contributed by atoms with Crippen molar-refractivity contribution < 1.29 is 69.0 Å². The molecule has 6 aliphatic rings. The Morgan fingerprint density at radius 3 is 2.65 bits per heavy atom. The number of carboxylic acid groups (broad SMARTS) is 1. The van der Waals surface area contributed by atoms with Crippen LogP contribution in [-0.2, 0) is 33.3 Å². The maximum absolute atomic E-state index is 14.4. The number of aliphatic hydroxyl groups excluding tert-OH is 4. The summed E-state index contributed by atoms with van der Waals surface area (Å²) in [4.78, 5) is 33.6. The van der Waals surface area contributed by atoms with Gasteiger partial charge in [0.1, 0.15) is 18.3 Å². The SMILES string of the molecule is CC(C)OC1C(OC2OC=C3C(=O)OC4CCCC4CSSC4CSSCC=CC2C3C=CC2=C(NC(N)=NCCCO)C(C(=O)O)=CN(C2)C4CO)OC(CO)C(O)C1(O)O. The molecule has 1 saturated carbocycles. The zero-order chi connectivity index (χ0) is 44.6. The smallest absolute Gasteiger partial charge is 0.339 e. The number of carboxylic acids is 1. The van der Waals surface area contributed by atoms with Crippen molar-refractivity contribution in [3.63, 3.8) is 0 Å². The monoisotopic (exact) mass is 946 g/mol. The van der Waals surface area contributed by atoms with Crippen LogP contribution in [0, 0.1) is 17.8 Å². The molecule has 0 spiro atoms. The van der Waals surface area contributed by atoms with Crippen molar-refractivity contribution in [3.05, 3.63) is 59.2 Å². The van der Waals surface area contributed by atoms with Crippen LogP contribution < -0.4 is 11.1 Å². The average Bonchev–Trinajstić information content (AvgIpc) is 3.67. The molecular weight excluding hydrogens is 889 g/mol. The summed E-state index contributed by atoms with van der Waals surface area (Å²) < 4.78 is 30.6. The van der Waals surface area contributed by atoms with Crippen molar-refractivity contribution in [2.24, 2.45) is 28.5 Å². The van der Waals surface area contributed by atoms with Gasteiger partial charge in [0.15, 0.2) is 18.4 Å². The summed E-state index contributed by atoms with van der Waals surface area (Å²) in [6.45, 7) is 2.43. The van der Waals surface area contributed by atoms with Crippen LogP contribution in [0.15, 0.2) is 64.2 Å². The molecule has 1 aliphatic carbocycles. The van der Waals surface area contributed by atoms with Crippen LogP contribution >= 0.6 is 43.2 Å². The van der Waals surface area contributed by atoms with Gasteiger partial charge < -0.3 is 75.4 Å². The lowest BCUT2D eigenvalue weighted by atomic mass is 9.82. The molecule has 10 N–H and O–H groups in total. The molecule has 1 saturated heterocycles. The second-order valence-corrected chi connectivity index (χ2v) is 21.1. The van der Waals surface area contributed by atoms with E-state index in [0.29, 0.717) is 35.7 Å². The van der Waals surface area contributed by atoms with Gasteiger partial charge >= 0.3 is 11.9 Å². The predicted octanol–water partition coefficient (Wildman–Crippen LogP) is 1.20. The number of guanidine groups is 1. The Morgan fingerprint density at radius 2 is 1.92 bits per heavy atom. The third-order valence-electron chi connectivity index (χ3n) is 11.3. The Kier molecular flexibility index (Phi) is 17.9. The largest absolute Gasteiger partial charge is 0.478 e. The van der Waals surface area contributed by atoms with Crippen molar-refractivity contribution in [2.75, 3.05) is 50.2 Å². The number of nitrogens with zero attached hydrogens (tertiary/aromatic N) is 2. The van der Waals surface area contributed by atoms with Crippen LogP contribution in [0.2, 0.25) is 0 Å². The Labute approximate surface area is 376 Å². The Morgan fingerprint density at radius 1 is 1.11 bits per heavy atom. The first-order valence-corrected chi connectivity index (χ1v) is 25.5. The highest BCUT2D eigenvalue weighted by Gasteiger charge is 2.57. The second kappa shape index (κ2) is 22.6. The second-order valence-electron chi connectivity index (χ2n) is 15.9. The highest BCUT2D eigenvalue weighted by atomic mass is 33.1. The fourth-order valence-corrected chi connectivity index (χ4v) is 14.1. The number of allylic oxidation sites excluding steroid dienone is 1. The molecule has 0 aromatic carbocycles. The summed E-state index contributed by atoms with van der Waals surface area (Å²) in [6.07, 6.45) is 3.65. The maximum atomic E-state index is 14.4. The normalized spacial score (nSPS) is 34.5. The van der Waals surface area contributed by atoms with Gasteiger partial charge in [-0.2, -0.15) is 0 Å². The zero-order valence-corrected chi connectivity index (χ0v) is 37.7. The lowest BCUT2D eigenvalue weighted by molar-refractivity contribution is -0.413. The maximum Gasteiger partial charge on any atom is 0.339 e. The van der Waals surface area contributed by atoms with Crippen LogP contribution in [-0.4, -0.2) is 169 Å². The number of hydrogen-bond donors (Lipinski definition) is 9. The standard InChI is InChI=1S/C40H58N4O14S4/c1-21(2)55-34-38(57-30(17-47)33(48)40(34,52)53)58-37-25-7-4-13-59-60-20-31-28(16-46)44-14-22(32(26(15-44)35(49)50)43-39(41)42-11-5-12-45)9-10-24(25)27(18-54-37)36(51)56-29-8-3-6-23(29)19-61-62-31/h4,7,9-10,15,18,21,23-25,28-31,33-34,37-38,45-48,52-53H,3,5-6,8,11-14,16-17,19-20H2,1-2H3,(H,49,50)(H3,41,42,43). The molecule has 5 aliphatic heterocycles. The van der Waals surface area contributed by atoms with Crippen LogP contribution in [0.4, 0.5) is 0 Å². The molecule has 4 bridgehead atoms. The van der Waals surface area contributed by atoms with E-state index in [1.807, 2.05) is 17.1 Å². The van der Waals surface area contributed by atoms with E-state index in [0.717, 1.165) is 12.8 Å². The molecular formula is C40H58N4O14S4. The predicted molar refractivity (Wildman–Crippen MR) is 236 cm³/mol. The molecule has 6 rings (SSSR count). The van der Waals surface area contributed by atoms with Crippen molar-refractivity contribution >= 4 is 61.1 Å². The third-order valence-corrected chi connectivity index (χ3v) is 16.8. The molecule has 0 amide bonds. The van der Waals surface area contributed by atoms with Gasteiger partial charge in [0.25, 0.3) is 0 Å². The zero-order valence-electron chi connectivity index (χ0n) is 34.5. The number of aliphatic carboxylic acids is 1. The van der Waals surface area contributed by atoms with Crippen LogP contribution in [0.5, 0.6) is 0 Å². The molecule has 22 heteroatoms. The summed E-state index contributed by atoms with van der Waals surface area (Å²) in [5, 5.41) is 76.9. The highest BCUT2D eigenvalue weighted by Crippen LogP contribution is 2.44. The minimum absolute atomic E-state index is 0.0655. The lowest BCUT2D eigenvalue weighted by Crippen LogP contribution is -2.69. The van der Waals surface area contributed by atoms with Gasteiger partial charge in [0, 0.05) is 60.2 Å². The molecule has 0 aromatic heterocycles. The number of carbonyl (C=O) groups excluding carboxylic acids is 1. The van der Waals surface area contributed by atoms with Crippen molar-refractivity contribution in [3.8, 4) is 0 Å². The van der Waals surface area contributed by atoms with Gasteiger partial charge in [-0.25, -0.2) is 9.59 Å². The quantitative estimate of drug-likeness (QED) is 0.0268. The van der Waals surface area contributed by atoms with E-state index in [9.17, 15) is 45.3 Å². The van der Waals surface area contributed by atoms with Crippen LogP contribution in [0.25, 0.3) is 0 Å². The molecule has 5 heterocycles. The Bertz CT molecular complexity index is 1760. The molecule has 0 radical (unpaired) electrons. The van der Waals surface area contributed by atoms with Gasteiger partial charge in [-0.15, -0.1) is 0 Å². The van der Waals surface area contributed by atoms with Gasteiger partial charge in [0.2, 0.25) is 12.1 Å². The first-order valence-electron chi connectivity index (χ1n) is 20.6. The van der Waals surface area contributed by atoms with Gasteiger partial charge in [0.05, 0.1) is 54.4 Å². The molecule has 11 unspecified atom stereocenters. The molecule has 62 heavy (non-hydrogen) atoms. The van der Waals surface area contributed by atoms with E-state index in [4.69, 9.17) is 29.4 Å². The van der Waals surface area contributed by atoms with Crippen molar-refractivity contribution in [2.45, 2.75) is 99.7 Å². The minimum atomic E-state index is -2.92. The minimum Gasteiger partial charge on any atom is -0.478 e. The van der Waals surface area contributed by atoms with E-state index in [2.05, 4.69) is 10.3 Å². The average molecular weight is 947 g/mol. The highest BCUT2D eigenvalue weighted by molar-refractivity contribution is 8.78. The summed E-state index contributed by atoms with van der Waals surface area (Å²) in [5.41, 5.74) is 6.84. The van der Waals surface area contributed by atoms with E-state index >= 15 is 0 Å². The fourth-order valence-electron chi connectivity index (χ4n) is 8.10.